The zero-order chi connectivity index (χ0) is 13.6. The van der Waals surface area contributed by atoms with Gasteiger partial charge >= 0.3 is 0 Å². The second kappa shape index (κ2) is 7.64. The van der Waals surface area contributed by atoms with E-state index >= 15 is 0 Å². The first-order chi connectivity index (χ1) is 9.29. The molecular weight excluding hydrogens is 234 g/mol. The maximum Gasteiger partial charge on any atom is 0.0499 e. The summed E-state index contributed by atoms with van der Waals surface area (Å²) in [5.41, 5.74) is 0.195. The molecule has 0 aromatic carbocycles. The topological polar surface area (TPSA) is 32.3 Å². The Morgan fingerprint density at radius 2 is 1.68 bits per heavy atom. The Labute approximate surface area is 119 Å². The fraction of sp³-hybridized carbons (Fsp3) is 1.00. The van der Waals surface area contributed by atoms with Crippen molar-refractivity contribution in [2.45, 2.75) is 83.6 Å². The van der Waals surface area contributed by atoms with Gasteiger partial charge < -0.3 is 10.4 Å². The van der Waals surface area contributed by atoms with Gasteiger partial charge in [-0.2, -0.15) is 0 Å². The highest BCUT2D eigenvalue weighted by Crippen LogP contribution is 2.36. The van der Waals surface area contributed by atoms with Gasteiger partial charge in [0.1, 0.15) is 0 Å². The molecule has 112 valence electrons. The highest BCUT2D eigenvalue weighted by atomic mass is 16.3. The molecule has 0 aromatic rings. The summed E-state index contributed by atoms with van der Waals surface area (Å²) in [6.07, 6.45) is 14.8. The van der Waals surface area contributed by atoms with E-state index in [9.17, 15) is 5.11 Å². The highest BCUT2D eigenvalue weighted by Gasteiger charge is 2.32. The molecule has 0 bridgehead atoms. The number of aliphatic hydroxyl groups excluding tert-OH is 1. The van der Waals surface area contributed by atoms with Gasteiger partial charge in [0.15, 0.2) is 0 Å². The van der Waals surface area contributed by atoms with Crippen LogP contribution in [0.1, 0.15) is 77.6 Å². The van der Waals surface area contributed by atoms with Crippen LogP contribution in [0.4, 0.5) is 0 Å². The summed E-state index contributed by atoms with van der Waals surface area (Å²) in [6, 6.07) is 0.686. The second-order valence-electron chi connectivity index (χ2n) is 7.01. The van der Waals surface area contributed by atoms with E-state index in [-0.39, 0.29) is 5.41 Å². The summed E-state index contributed by atoms with van der Waals surface area (Å²) in [5, 5.41) is 13.6. The van der Waals surface area contributed by atoms with Gasteiger partial charge in [-0.25, -0.2) is 0 Å². The van der Waals surface area contributed by atoms with Crippen LogP contribution in [-0.4, -0.2) is 24.3 Å². The lowest BCUT2D eigenvalue weighted by Crippen LogP contribution is -2.45. The third kappa shape index (κ3) is 4.19. The van der Waals surface area contributed by atoms with Gasteiger partial charge in [-0.3, -0.25) is 0 Å². The number of hydrogen-bond acceptors (Lipinski definition) is 2. The molecule has 2 fully saturated rings. The molecule has 2 heteroatoms. The first kappa shape index (κ1) is 15.3. The van der Waals surface area contributed by atoms with Crippen LogP contribution >= 0.6 is 0 Å². The van der Waals surface area contributed by atoms with Crippen molar-refractivity contribution < 1.29 is 5.11 Å². The summed E-state index contributed by atoms with van der Waals surface area (Å²) in [6.45, 7) is 3.73. The Morgan fingerprint density at radius 1 is 1.05 bits per heavy atom. The van der Waals surface area contributed by atoms with Gasteiger partial charge in [0.2, 0.25) is 0 Å². The van der Waals surface area contributed by atoms with E-state index < -0.39 is 0 Å². The van der Waals surface area contributed by atoms with Crippen LogP contribution in [0.15, 0.2) is 0 Å². The molecule has 2 rings (SSSR count). The molecular formula is C17H33NO. The van der Waals surface area contributed by atoms with Gasteiger partial charge in [-0.15, -0.1) is 0 Å². The molecule has 0 amide bonds. The zero-order valence-corrected chi connectivity index (χ0v) is 12.8. The zero-order valence-electron chi connectivity index (χ0n) is 12.8. The van der Waals surface area contributed by atoms with Crippen molar-refractivity contribution >= 4 is 0 Å². The predicted octanol–water partition coefficient (Wildman–Crippen LogP) is 3.88. The summed E-state index contributed by atoms with van der Waals surface area (Å²) < 4.78 is 0. The van der Waals surface area contributed by atoms with Crippen molar-refractivity contribution in [3.05, 3.63) is 0 Å². The van der Waals surface area contributed by atoms with Crippen LogP contribution < -0.4 is 5.32 Å². The average Bonchev–Trinajstić information content (AvgIpc) is 2.50. The Kier molecular flexibility index (Phi) is 6.15. The molecule has 1 atom stereocenters. The Morgan fingerprint density at radius 3 is 2.26 bits per heavy atom. The van der Waals surface area contributed by atoms with Gasteiger partial charge in [-0.1, -0.05) is 45.4 Å². The van der Waals surface area contributed by atoms with Crippen molar-refractivity contribution in [2.75, 3.05) is 13.2 Å². The quantitative estimate of drug-likeness (QED) is 0.765. The summed E-state index contributed by atoms with van der Waals surface area (Å²) in [4.78, 5) is 0. The van der Waals surface area contributed by atoms with Crippen LogP contribution in [0.2, 0.25) is 0 Å². The molecule has 0 saturated heterocycles. The van der Waals surface area contributed by atoms with Crippen LogP contribution in [0, 0.1) is 11.3 Å². The maximum absolute atomic E-state index is 9.80. The molecule has 0 radical (unpaired) electrons. The standard InChI is InChI=1S/C17H33NO/c1-2-16(15-9-5-3-6-10-15)18-13-17(14-19)11-7-4-8-12-17/h15-16,18-19H,2-14H2,1H3. The lowest BCUT2D eigenvalue weighted by Gasteiger charge is -2.39. The monoisotopic (exact) mass is 267 g/mol. The van der Waals surface area contributed by atoms with Crippen LogP contribution in [0.25, 0.3) is 0 Å². The van der Waals surface area contributed by atoms with Gasteiger partial charge in [0, 0.05) is 24.6 Å². The summed E-state index contributed by atoms with van der Waals surface area (Å²) in [7, 11) is 0. The largest absolute Gasteiger partial charge is 0.396 e. The molecule has 0 aromatic heterocycles. The molecule has 2 nitrogen and oxygen atoms in total. The van der Waals surface area contributed by atoms with Gasteiger partial charge in [0.25, 0.3) is 0 Å². The van der Waals surface area contributed by atoms with E-state index in [0.717, 1.165) is 12.5 Å². The Balaban J connectivity index is 1.83. The minimum atomic E-state index is 0.195. The van der Waals surface area contributed by atoms with E-state index in [4.69, 9.17) is 0 Å². The molecule has 2 saturated carbocycles. The smallest absolute Gasteiger partial charge is 0.0499 e. The van der Waals surface area contributed by atoms with Crippen molar-refractivity contribution in [3.63, 3.8) is 0 Å². The minimum Gasteiger partial charge on any atom is -0.396 e. The third-order valence-electron chi connectivity index (χ3n) is 5.65. The molecule has 0 heterocycles. The molecule has 0 aliphatic heterocycles. The fourth-order valence-corrected chi connectivity index (χ4v) is 4.22. The lowest BCUT2D eigenvalue weighted by molar-refractivity contribution is 0.0737. The van der Waals surface area contributed by atoms with Crippen molar-refractivity contribution in [3.8, 4) is 0 Å². The van der Waals surface area contributed by atoms with E-state index in [0.29, 0.717) is 12.6 Å². The van der Waals surface area contributed by atoms with Crippen molar-refractivity contribution in [2.24, 2.45) is 11.3 Å². The first-order valence-electron chi connectivity index (χ1n) is 8.64. The van der Waals surface area contributed by atoms with E-state index in [2.05, 4.69) is 12.2 Å². The maximum atomic E-state index is 9.80. The predicted molar refractivity (Wildman–Crippen MR) is 81.3 cm³/mol. The Bertz CT molecular complexity index is 242. The highest BCUT2D eigenvalue weighted by molar-refractivity contribution is 4.87. The first-order valence-corrected chi connectivity index (χ1v) is 8.64. The average molecular weight is 267 g/mol. The third-order valence-corrected chi connectivity index (χ3v) is 5.65. The number of hydrogen-bond donors (Lipinski definition) is 2. The fourth-order valence-electron chi connectivity index (χ4n) is 4.22. The van der Waals surface area contributed by atoms with E-state index in [1.54, 1.807) is 0 Å². The van der Waals surface area contributed by atoms with Crippen molar-refractivity contribution in [1.29, 1.82) is 0 Å². The molecule has 2 aliphatic carbocycles. The lowest BCUT2D eigenvalue weighted by atomic mass is 9.74. The van der Waals surface area contributed by atoms with Gasteiger partial charge in [0.05, 0.1) is 0 Å². The molecule has 1 unspecified atom stereocenters. The Hall–Kier alpha value is -0.0800. The van der Waals surface area contributed by atoms with Crippen LogP contribution in [-0.2, 0) is 0 Å². The summed E-state index contributed by atoms with van der Waals surface area (Å²) in [5.74, 6) is 0.887. The van der Waals surface area contributed by atoms with Gasteiger partial charge in [-0.05, 0) is 38.0 Å². The van der Waals surface area contributed by atoms with Crippen molar-refractivity contribution in [1.82, 2.24) is 5.32 Å². The molecule has 2 N–H and O–H groups in total. The van der Waals surface area contributed by atoms with Crippen LogP contribution in [0.5, 0.6) is 0 Å². The number of aliphatic hydroxyl groups is 1. The summed E-state index contributed by atoms with van der Waals surface area (Å²) >= 11 is 0. The van der Waals surface area contributed by atoms with E-state index in [1.165, 1.54) is 70.6 Å². The minimum absolute atomic E-state index is 0.195. The molecule has 19 heavy (non-hydrogen) atoms. The van der Waals surface area contributed by atoms with Crippen LogP contribution in [0.3, 0.4) is 0 Å². The molecule has 2 aliphatic rings. The second-order valence-corrected chi connectivity index (χ2v) is 7.01. The van der Waals surface area contributed by atoms with E-state index in [1.807, 2.05) is 0 Å². The SMILES string of the molecule is CCC(NCC1(CO)CCCCC1)C1CCCCC1. The normalized spacial score (nSPS) is 26.2. The number of nitrogens with one attached hydrogen (secondary N) is 1. The number of rotatable bonds is 6. The molecule has 0 spiro atoms.